The largest absolute Gasteiger partial charge is 0.438 e. The van der Waals surface area contributed by atoms with Crippen LogP contribution in [0.3, 0.4) is 0 Å². The SMILES string of the molecule is Cc1cccc(C(=O)Nc2ccc(C)c(Oc3ncccc3-c3ccncn3)c2C)c1. The van der Waals surface area contributed by atoms with Crippen LogP contribution >= 0.6 is 0 Å². The van der Waals surface area contributed by atoms with Crippen LogP contribution < -0.4 is 10.1 Å². The predicted molar refractivity (Wildman–Crippen MR) is 120 cm³/mol. The first-order valence-corrected chi connectivity index (χ1v) is 9.90. The van der Waals surface area contributed by atoms with E-state index >= 15 is 0 Å². The van der Waals surface area contributed by atoms with E-state index in [4.69, 9.17) is 4.74 Å². The van der Waals surface area contributed by atoms with E-state index in [0.29, 0.717) is 22.9 Å². The Hall–Kier alpha value is -4.06. The van der Waals surface area contributed by atoms with Crippen molar-refractivity contribution in [3.63, 3.8) is 0 Å². The molecule has 0 radical (unpaired) electrons. The number of pyridine rings is 1. The minimum atomic E-state index is -0.166. The zero-order valence-electron chi connectivity index (χ0n) is 17.6. The molecule has 6 heteroatoms. The molecule has 0 bridgehead atoms. The Kier molecular flexibility index (Phi) is 5.71. The number of carbonyl (C=O) groups excluding carboxylic acids is 1. The van der Waals surface area contributed by atoms with Gasteiger partial charge in [-0.05, 0) is 62.7 Å². The molecule has 1 amide bonds. The first-order chi connectivity index (χ1) is 15.0. The number of aryl methyl sites for hydroxylation is 2. The lowest BCUT2D eigenvalue weighted by Gasteiger charge is -2.17. The van der Waals surface area contributed by atoms with E-state index in [2.05, 4.69) is 20.3 Å². The summed E-state index contributed by atoms with van der Waals surface area (Å²) in [6, 6.07) is 16.8. The monoisotopic (exact) mass is 410 g/mol. The minimum Gasteiger partial charge on any atom is -0.438 e. The molecule has 2 heterocycles. The molecule has 0 atom stereocenters. The molecule has 2 aromatic heterocycles. The van der Waals surface area contributed by atoms with Crippen LogP contribution in [0.1, 0.15) is 27.0 Å². The number of carbonyl (C=O) groups is 1. The second kappa shape index (κ2) is 8.75. The van der Waals surface area contributed by atoms with Crippen LogP contribution in [-0.2, 0) is 0 Å². The molecular weight excluding hydrogens is 388 g/mol. The number of aromatic nitrogens is 3. The summed E-state index contributed by atoms with van der Waals surface area (Å²) in [5.41, 5.74) is 5.57. The van der Waals surface area contributed by atoms with E-state index in [1.807, 2.05) is 69.3 Å². The van der Waals surface area contributed by atoms with Crippen LogP contribution in [0, 0.1) is 20.8 Å². The number of nitrogens with zero attached hydrogens (tertiary/aromatic N) is 3. The number of amides is 1. The summed E-state index contributed by atoms with van der Waals surface area (Å²) in [6.45, 7) is 5.84. The van der Waals surface area contributed by atoms with Crippen molar-refractivity contribution < 1.29 is 9.53 Å². The number of hydrogen-bond donors (Lipinski definition) is 1. The molecule has 0 aliphatic heterocycles. The van der Waals surface area contributed by atoms with Gasteiger partial charge in [0.15, 0.2) is 0 Å². The van der Waals surface area contributed by atoms with E-state index in [1.54, 1.807) is 18.5 Å². The average Bonchev–Trinajstić information content (AvgIpc) is 2.79. The van der Waals surface area contributed by atoms with Gasteiger partial charge >= 0.3 is 0 Å². The van der Waals surface area contributed by atoms with E-state index in [0.717, 1.165) is 27.9 Å². The van der Waals surface area contributed by atoms with Gasteiger partial charge in [0.25, 0.3) is 5.91 Å². The Balaban J connectivity index is 1.66. The van der Waals surface area contributed by atoms with Gasteiger partial charge in [0, 0.05) is 29.2 Å². The lowest BCUT2D eigenvalue weighted by molar-refractivity contribution is 0.102. The molecule has 0 aliphatic rings. The number of hydrogen-bond acceptors (Lipinski definition) is 5. The maximum atomic E-state index is 12.7. The lowest BCUT2D eigenvalue weighted by atomic mass is 10.1. The summed E-state index contributed by atoms with van der Waals surface area (Å²) in [6.07, 6.45) is 4.84. The van der Waals surface area contributed by atoms with E-state index in [9.17, 15) is 4.79 Å². The van der Waals surface area contributed by atoms with Crippen LogP contribution in [0.5, 0.6) is 11.6 Å². The summed E-state index contributed by atoms with van der Waals surface area (Å²) < 4.78 is 6.25. The predicted octanol–water partition coefficient (Wildman–Crippen LogP) is 5.51. The van der Waals surface area contributed by atoms with Crippen molar-refractivity contribution in [2.24, 2.45) is 0 Å². The zero-order chi connectivity index (χ0) is 21.8. The molecule has 0 saturated heterocycles. The topological polar surface area (TPSA) is 77.0 Å². The molecule has 4 rings (SSSR count). The zero-order valence-corrected chi connectivity index (χ0v) is 17.6. The molecular formula is C25H22N4O2. The van der Waals surface area contributed by atoms with Crippen molar-refractivity contribution in [1.82, 2.24) is 15.0 Å². The third kappa shape index (κ3) is 4.43. The van der Waals surface area contributed by atoms with Crippen LogP contribution in [0.2, 0.25) is 0 Å². The molecule has 0 unspecified atom stereocenters. The van der Waals surface area contributed by atoms with Crippen molar-refractivity contribution in [3.05, 3.63) is 95.6 Å². The van der Waals surface area contributed by atoms with Gasteiger partial charge in [-0.3, -0.25) is 4.79 Å². The van der Waals surface area contributed by atoms with Gasteiger partial charge in [-0.25, -0.2) is 15.0 Å². The Morgan fingerprint density at radius 3 is 2.58 bits per heavy atom. The third-order valence-electron chi connectivity index (χ3n) is 4.96. The summed E-state index contributed by atoms with van der Waals surface area (Å²) >= 11 is 0. The van der Waals surface area contributed by atoms with E-state index < -0.39 is 0 Å². The number of ether oxygens (including phenoxy) is 1. The van der Waals surface area contributed by atoms with Gasteiger partial charge in [0.05, 0.1) is 11.3 Å². The van der Waals surface area contributed by atoms with E-state index in [-0.39, 0.29) is 5.91 Å². The van der Waals surface area contributed by atoms with Gasteiger partial charge in [0.2, 0.25) is 5.88 Å². The van der Waals surface area contributed by atoms with Crippen molar-refractivity contribution in [2.75, 3.05) is 5.32 Å². The van der Waals surface area contributed by atoms with Crippen molar-refractivity contribution in [2.45, 2.75) is 20.8 Å². The van der Waals surface area contributed by atoms with Gasteiger partial charge in [0.1, 0.15) is 12.1 Å². The van der Waals surface area contributed by atoms with Crippen molar-refractivity contribution >= 4 is 11.6 Å². The first kappa shape index (κ1) is 20.2. The summed E-state index contributed by atoms with van der Waals surface area (Å²) in [5, 5.41) is 2.99. The fourth-order valence-corrected chi connectivity index (χ4v) is 3.31. The fraction of sp³-hybridized carbons (Fsp3) is 0.120. The second-order valence-corrected chi connectivity index (χ2v) is 7.26. The van der Waals surface area contributed by atoms with Crippen LogP contribution in [0.4, 0.5) is 5.69 Å². The van der Waals surface area contributed by atoms with Gasteiger partial charge in [-0.2, -0.15) is 0 Å². The third-order valence-corrected chi connectivity index (χ3v) is 4.96. The molecule has 154 valence electrons. The molecule has 31 heavy (non-hydrogen) atoms. The Bertz CT molecular complexity index is 1240. The normalized spacial score (nSPS) is 10.5. The Morgan fingerprint density at radius 1 is 0.935 bits per heavy atom. The smallest absolute Gasteiger partial charge is 0.255 e. The van der Waals surface area contributed by atoms with Gasteiger partial charge in [-0.15, -0.1) is 0 Å². The highest BCUT2D eigenvalue weighted by molar-refractivity contribution is 6.05. The van der Waals surface area contributed by atoms with Gasteiger partial charge in [-0.1, -0.05) is 23.8 Å². The fourth-order valence-electron chi connectivity index (χ4n) is 3.31. The number of nitrogens with one attached hydrogen (secondary N) is 1. The molecule has 1 N–H and O–H groups in total. The summed E-state index contributed by atoms with van der Waals surface area (Å²) in [4.78, 5) is 25.4. The maximum absolute atomic E-state index is 12.7. The minimum absolute atomic E-state index is 0.166. The van der Waals surface area contributed by atoms with Crippen molar-refractivity contribution in [3.8, 4) is 22.9 Å². The molecule has 0 spiro atoms. The van der Waals surface area contributed by atoms with Crippen molar-refractivity contribution in [1.29, 1.82) is 0 Å². The van der Waals surface area contributed by atoms with Crippen LogP contribution in [0.25, 0.3) is 11.3 Å². The standard InChI is InChI=1S/C25H22N4O2/c1-16-6-4-7-19(14-16)24(30)29-21-10-9-17(2)23(18(21)3)31-25-20(8-5-12-27-25)22-11-13-26-15-28-22/h4-15H,1-3H3,(H,29,30). The lowest BCUT2D eigenvalue weighted by Crippen LogP contribution is -2.13. The van der Waals surface area contributed by atoms with Crippen LogP contribution in [-0.4, -0.2) is 20.9 Å². The highest BCUT2D eigenvalue weighted by Crippen LogP contribution is 2.36. The summed E-state index contributed by atoms with van der Waals surface area (Å²) in [5.74, 6) is 0.923. The quantitative estimate of drug-likeness (QED) is 0.469. The average molecular weight is 410 g/mol. The highest BCUT2D eigenvalue weighted by Gasteiger charge is 2.16. The number of benzene rings is 2. The molecule has 2 aromatic carbocycles. The number of anilines is 1. The molecule has 0 saturated carbocycles. The Morgan fingerprint density at radius 2 is 1.81 bits per heavy atom. The maximum Gasteiger partial charge on any atom is 0.255 e. The van der Waals surface area contributed by atoms with Gasteiger partial charge < -0.3 is 10.1 Å². The first-order valence-electron chi connectivity index (χ1n) is 9.90. The summed E-state index contributed by atoms with van der Waals surface area (Å²) in [7, 11) is 0. The molecule has 6 nitrogen and oxygen atoms in total. The molecule has 0 aliphatic carbocycles. The number of rotatable bonds is 5. The van der Waals surface area contributed by atoms with E-state index in [1.165, 1.54) is 6.33 Å². The molecule has 4 aromatic rings. The highest BCUT2D eigenvalue weighted by atomic mass is 16.5. The Labute approximate surface area is 181 Å². The van der Waals surface area contributed by atoms with Crippen LogP contribution in [0.15, 0.2) is 73.3 Å². The second-order valence-electron chi connectivity index (χ2n) is 7.26. The molecule has 0 fully saturated rings.